The molecule has 0 radical (unpaired) electrons. The summed E-state index contributed by atoms with van der Waals surface area (Å²) in [6.45, 7) is 3.23. The lowest BCUT2D eigenvalue weighted by Crippen LogP contribution is -2.36. The van der Waals surface area contributed by atoms with Crippen LogP contribution in [-0.2, 0) is 0 Å². The van der Waals surface area contributed by atoms with Gasteiger partial charge in [0.2, 0.25) is 0 Å². The van der Waals surface area contributed by atoms with Crippen molar-refractivity contribution in [3.63, 3.8) is 0 Å². The van der Waals surface area contributed by atoms with Gasteiger partial charge in [0.25, 0.3) is 0 Å². The minimum atomic E-state index is 0.246. The number of hydrogen-bond donors (Lipinski definition) is 2. The minimum Gasteiger partial charge on any atom is -0.395 e. The molecule has 1 rings (SSSR count). The number of nitrogens with zero attached hydrogens (tertiary/aromatic N) is 1. The molecule has 0 aromatic carbocycles. The molecule has 0 aliphatic carbocycles. The molecule has 1 heterocycles. The Labute approximate surface area is 68.4 Å². The van der Waals surface area contributed by atoms with E-state index in [2.05, 4.69) is 17.3 Å². The summed E-state index contributed by atoms with van der Waals surface area (Å²) in [4.78, 5) is 2.38. The molecule has 2 N–H and O–H groups in total. The van der Waals surface area contributed by atoms with Crippen LogP contribution in [0.15, 0.2) is 0 Å². The summed E-state index contributed by atoms with van der Waals surface area (Å²) < 4.78 is 0. The van der Waals surface area contributed by atoms with Crippen molar-refractivity contribution in [1.29, 1.82) is 0 Å². The molecule has 1 fully saturated rings. The predicted octanol–water partition coefficient (Wildman–Crippen LogP) is -0.338. The molecule has 1 unspecified atom stereocenters. The molecule has 0 spiro atoms. The number of rotatable bonds is 4. The van der Waals surface area contributed by atoms with Crippen LogP contribution in [0.5, 0.6) is 0 Å². The highest BCUT2D eigenvalue weighted by Gasteiger charge is 2.19. The average molecular weight is 158 g/mol. The van der Waals surface area contributed by atoms with Crippen LogP contribution in [0.4, 0.5) is 0 Å². The van der Waals surface area contributed by atoms with E-state index in [0.717, 1.165) is 13.1 Å². The molecule has 1 atom stereocenters. The summed E-state index contributed by atoms with van der Waals surface area (Å²) >= 11 is 0. The molecule has 1 aliphatic rings. The van der Waals surface area contributed by atoms with Gasteiger partial charge in [0.05, 0.1) is 6.61 Å². The molecule has 0 amide bonds. The summed E-state index contributed by atoms with van der Waals surface area (Å²) in [5.74, 6) is 0. The zero-order valence-electron chi connectivity index (χ0n) is 7.21. The molecule has 0 aromatic rings. The quantitative estimate of drug-likeness (QED) is 0.550. The van der Waals surface area contributed by atoms with E-state index in [4.69, 9.17) is 5.11 Å². The first-order valence-electron chi connectivity index (χ1n) is 4.36. The van der Waals surface area contributed by atoms with E-state index in [1.165, 1.54) is 19.4 Å². The van der Waals surface area contributed by atoms with Gasteiger partial charge in [-0.15, -0.1) is 0 Å². The highest BCUT2D eigenvalue weighted by molar-refractivity contribution is 4.77. The molecule has 3 heteroatoms. The zero-order chi connectivity index (χ0) is 8.10. The van der Waals surface area contributed by atoms with E-state index < -0.39 is 0 Å². The van der Waals surface area contributed by atoms with Crippen LogP contribution >= 0.6 is 0 Å². The Balaban J connectivity index is 2.05. The number of aliphatic hydroxyl groups is 1. The SMILES string of the molecule is CN1CCCC1CNCCO. The third-order valence-electron chi connectivity index (χ3n) is 2.34. The molecular formula is C8H18N2O. The van der Waals surface area contributed by atoms with Crippen LogP contribution in [-0.4, -0.2) is 49.3 Å². The number of nitrogens with one attached hydrogen (secondary N) is 1. The molecule has 0 aromatic heterocycles. The lowest BCUT2D eigenvalue weighted by atomic mass is 10.2. The van der Waals surface area contributed by atoms with Gasteiger partial charge in [0, 0.05) is 19.1 Å². The second-order valence-corrected chi connectivity index (χ2v) is 3.20. The number of likely N-dealkylation sites (N-methyl/N-ethyl adjacent to an activating group) is 1. The fraction of sp³-hybridized carbons (Fsp3) is 1.00. The van der Waals surface area contributed by atoms with E-state index in [9.17, 15) is 0 Å². The Bertz CT molecular complexity index is 108. The van der Waals surface area contributed by atoms with Crippen LogP contribution in [0.2, 0.25) is 0 Å². The second-order valence-electron chi connectivity index (χ2n) is 3.20. The summed E-state index contributed by atoms with van der Waals surface area (Å²) in [6.07, 6.45) is 2.62. The highest BCUT2D eigenvalue weighted by atomic mass is 16.3. The Kier molecular flexibility index (Phi) is 3.83. The fourth-order valence-corrected chi connectivity index (χ4v) is 1.58. The topological polar surface area (TPSA) is 35.5 Å². The predicted molar refractivity (Wildman–Crippen MR) is 45.6 cm³/mol. The van der Waals surface area contributed by atoms with Crippen molar-refractivity contribution in [2.75, 3.05) is 33.3 Å². The maximum atomic E-state index is 8.53. The first-order chi connectivity index (χ1) is 5.34. The maximum Gasteiger partial charge on any atom is 0.0555 e. The van der Waals surface area contributed by atoms with E-state index >= 15 is 0 Å². The van der Waals surface area contributed by atoms with Gasteiger partial charge in [0.15, 0.2) is 0 Å². The smallest absolute Gasteiger partial charge is 0.0555 e. The highest BCUT2D eigenvalue weighted by Crippen LogP contribution is 2.13. The summed E-state index contributed by atoms with van der Waals surface area (Å²) in [5, 5.41) is 11.7. The van der Waals surface area contributed by atoms with Gasteiger partial charge < -0.3 is 15.3 Å². The lowest BCUT2D eigenvalue weighted by molar-refractivity contribution is 0.268. The fourth-order valence-electron chi connectivity index (χ4n) is 1.58. The summed E-state index contributed by atoms with van der Waals surface area (Å²) in [6, 6.07) is 0.696. The van der Waals surface area contributed by atoms with E-state index in [1.54, 1.807) is 0 Å². The van der Waals surface area contributed by atoms with Gasteiger partial charge in [-0.1, -0.05) is 0 Å². The molecule has 11 heavy (non-hydrogen) atoms. The van der Waals surface area contributed by atoms with Gasteiger partial charge in [-0.05, 0) is 26.4 Å². The van der Waals surface area contributed by atoms with Crippen molar-refractivity contribution in [3.05, 3.63) is 0 Å². The first kappa shape index (κ1) is 8.97. The average Bonchev–Trinajstić information content (AvgIpc) is 2.37. The molecule has 0 bridgehead atoms. The third kappa shape index (κ3) is 2.77. The number of likely N-dealkylation sites (tertiary alicyclic amines) is 1. The number of aliphatic hydroxyl groups excluding tert-OH is 1. The van der Waals surface area contributed by atoms with E-state index in [-0.39, 0.29) is 6.61 Å². The van der Waals surface area contributed by atoms with Crippen LogP contribution in [0.25, 0.3) is 0 Å². The normalized spacial score (nSPS) is 26.2. The molecule has 0 saturated carbocycles. The molecule has 1 saturated heterocycles. The van der Waals surface area contributed by atoms with E-state index in [0.29, 0.717) is 6.04 Å². The second kappa shape index (κ2) is 4.70. The van der Waals surface area contributed by atoms with Crippen molar-refractivity contribution >= 4 is 0 Å². The third-order valence-corrected chi connectivity index (χ3v) is 2.34. The Hall–Kier alpha value is -0.120. The largest absolute Gasteiger partial charge is 0.395 e. The van der Waals surface area contributed by atoms with Crippen molar-refractivity contribution in [3.8, 4) is 0 Å². The van der Waals surface area contributed by atoms with Gasteiger partial charge in [-0.3, -0.25) is 0 Å². The maximum absolute atomic E-state index is 8.53. The van der Waals surface area contributed by atoms with Crippen molar-refractivity contribution in [1.82, 2.24) is 10.2 Å². The first-order valence-corrected chi connectivity index (χ1v) is 4.36. The van der Waals surface area contributed by atoms with Gasteiger partial charge in [-0.2, -0.15) is 0 Å². The van der Waals surface area contributed by atoms with Crippen LogP contribution in [0, 0.1) is 0 Å². The van der Waals surface area contributed by atoms with Crippen molar-refractivity contribution in [2.45, 2.75) is 18.9 Å². The lowest BCUT2D eigenvalue weighted by Gasteiger charge is -2.19. The van der Waals surface area contributed by atoms with Crippen LogP contribution in [0.1, 0.15) is 12.8 Å². The summed E-state index contributed by atoms with van der Waals surface area (Å²) in [7, 11) is 2.16. The van der Waals surface area contributed by atoms with Gasteiger partial charge >= 0.3 is 0 Å². The monoisotopic (exact) mass is 158 g/mol. The summed E-state index contributed by atoms with van der Waals surface area (Å²) in [5.41, 5.74) is 0. The standard InChI is InChI=1S/C8H18N2O/c1-10-5-2-3-8(10)7-9-4-6-11/h8-9,11H,2-7H2,1H3. The molecule has 3 nitrogen and oxygen atoms in total. The Morgan fingerprint density at radius 3 is 3.00 bits per heavy atom. The van der Waals surface area contributed by atoms with Crippen molar-refractivity contribution < 1.29 is 5.11 Å². The Morgan fingerprint density at radius 1 is 1.64 bits per heavy atom. The number of hydrogen-bond acceptors (Lipinski definition) is 3. The van der Waals surface area contributed by atoms with Gasteiger partial charge in [0.1, 0.15) is 0 Å². The minimum absolute atomic E-state index is 0.246. The molecule has 1 aliphatic heterocycles. The van der Waals surface area contributed by atoms with Crippen molar-refractivity contribution in [2.24, 2.45) is 0 Å². The molecule has 66 valence electrons. The zero-order valence-corrected chi connectivity index (χ0v) is 7.21. The van der Waals surface area contributed by atoms with Gasteiger partial charge in [-0.25, -0.2) is 0 Å². The van der Waals surface area contributed by atoms with E-state index in [1.807, 2.05) is 0 Å². The Morgan fingerprint density at radius 2 is 2.45 bits per heavy atom. The van der Waals surface area contributed by atoms with Crippen LogP contribution in [0.3, 0.4) is 0 Å². The van der Waals surface area contributed by atoms with Crippen LogP contribution < -0.4 is 5.32 Å². The molecular weight excluding hydrogens is 140 g/mol.